The largest absolute Gasteiger partial charge is 0.480 e. The van der Waals surface area contributed by atoms with Gasteiger partial charge in [-0.1, -0.05) is 24.3 Å². The number of benzene rings is 2. The lowest BCUT2D eigenvalue weighted by molar-refractivity contribution is -0.141. The Kier molecular flexibility index (Phi) is 7.34. The number of carboxylic acids is 1. The molecule has 8 heteroatoms. The molecule has 3 aromatic rings. The van der Waals surface area contributed by atoms with Crippen molar-refractivity contribution in [1.29, 1.82) is 0 Å². The smallest absolute Gasteiger partial charge is 0.321 e. The van der Waals surface area contributed by atoms with E-state index in [0.29, 0.717) is 17.1 Å². The van der Waals surface area contributed by atoms with Crippen molar-refractivity contribution in [2.24, 2.45) is 10.2 Å². The van der Waals surface area contributed by atoms with E-state index in [9.17, 15) is 14.7 Å². The second-order valence-corrected chi connectivity index (χ2v) is 6.43. The molecule has 8 nitrogen and oxygen atoms in total. The third-order valence-electron chi connectivity index (χ3n) is 4.13. The molecule has 3 N–H and O–H groups in total. The highest BCUT2D eigenvalue weighted by Crippen LogP contribution is 2.20. The Morgan fingerprint density at radius 2 is 1.57 bits per heavy atom. The van der Waals surface area contributed by atoms with E-state index in [4.69, 9.17) is 0 Å². The van der Waals surface area contributed by atoms with E-state index in [-0.39, 0.29) is 13.0 Å². The normalized spacial score (nSPS) is 11.9. The van der Waals surface area contributed by atoms with Gasteiger partial charge in [0.1, 0.15) is 6.04 Å². The molecule has 0 bridgehead atoms. The van der Waals surface area contributed by atoms with Gasteiger partial charge < -0.3 is 10.4 Å². The van der Waals surface area contributed by atoms with Crippen molar-refractivity contribution in [3.63, 3.8) is 0 Å². The Morgan fingerprint density at radius 1 is 0.900 bits per heavy atom. The zero-order chi connectivity index (χ0) is 21.2. The van der Waals surface area contributed by atoms with Crippen molar-refractivity contribution >= 4 is 28.9 Å². The van der Waals surface area contributed by atoms with Crippen molar-refractivity contribution in [1.82, 2.24) is 10.3 Å². The van der Waals surface area contributed by atoms with Gasteiger partial charge in [0.2, 0.25) is 5.91 Å². The monoisotopic (exact) mass is 403 g/mol. The molecular weight excluding hydrogens is 382 g/mol. The first kappa shape index (κ1) is 20.8. The fourth-order valence-corrected chi connectivity index (χ4v) is 2.60. The minimum atomic E-state index is -1.10. The Bertz CT molecular complexity index is 992. The number of nitrogens with one attached hydrogen (secondary N) is 2. The Balaban J connectivity index is 1.52. The molecule has 0 saturated heterocycles. The highest BCUT2D eigenvalue weighted by molar-refractivity contribution is 5.94. The van der Waals surface area contributed by atoms with Crippen LogP contribution in [-0.2, 0) is 16.1 Å². The van der Waals surface area contributed by atoms with Gasteiger partial charge in [0.25, 0.3) is 0 Å². The number of carbonyl (C=O) groups excluding carboxylic acids is 1. The number of pyridine rings is 1. The number of azo groups is 1. The molecule has 1 atom stereocenters. The number of nitrogens with zero attached hydrogens (tertiary/aromatic N) is 3. The lowest BCUT2D eigenvalue weighted by Gasteiger charge is -2.14. The molecule has 0 aliphatic heterocycles. The zero-order valence-corrected chi connectivity index (χ0v) is 16.1. The summed E-state index contributed by atoms with van der Waals surface area (Å²) in [5.74, 6) is -1.51. The third-order valence-corrected chi connectivity index (χ3v) is 4.13. The van der Waals surface area contributed by atoms with Crippen LogP contribution in [0.2, 0.25) is 0 Å². The lowest BCUT2D eigenvalue weighted by Crippen LogP contribution is -2.39. The van der Waals surface area contributed by atoms with Crippen LogP contribution < -0.4 is 10.6 Å². The average molecular weight is 403 g/mol. The second-order valence-electron chi connectivity index (χ2n) is 6.43. The number of amides is 1. The predicted octanol–water partition coefficient (Wildman–Crippen LogP) is 4.07. The van der Waals surface area contributed by atoms with Gasteiger partial charge in [-0.05, 0) is 48.5 Å². The van der Waals surface area contributed by atoms with Crippen molar-refractivity contribution in [3.8, 4) is 0 Å². The van der Waals surface area contributed by atoms with Crippen LogP contribution in [0, 0.1) is 0 Å². The van der Waals surface area contributed by atoms with E-state index < -0.39 is 17.9 Å². The summed E-state index contributed by atoms with van der Waals surface area (Å²) in [4.78, 5) is 27.8. The minimum Gasteiger partial charge on any atom is -0.480 e. The van der Waals surface area contributed by atoms with E-state index in [0.717, 1.165) is 5.69 Å². The van der Waals surface area contributed by atoms with Gasteiger partial charge in [0, 0.05) is 18.4 Å². The molecule has 0 fully saturated rings. The van der Waals surface area contributed by atoms with Gasteiger partial charge >= 0.3 is 5.97 Å². The molecule has 0 spiro atoms. The maximum absolute atomic E-state index is 12.3. The van der Waals surface area contributed by atoms with Crippen LogP contribution in [0.4, 0.5) is 17.1 Å². The molecule has 1 aromatic heterocycles. The standard InChI is InChI=1S/C22H21N5O3/c28-21(14-20(22(29)30)24-15-19-8-4-5-13-23-19)25-16-9-11-18(12-10-16)27-26-17-6-2-1-3-7-17/h1-13,20,24H,14-15H2,(H,25,28)(H,29,30). The second kappa shape index (κ2) is 10.6. The third kappa shape index (κ3) is 6.61. The van der Waals surface area contributed by atoms with E-state index in [1.165, 1.54) is 0 Å². The molecule has 3 rings (SSSR count). The van der Waals surface area contributed by atoms with Crippen molar-refractivity contribution in [3.05, 3.63) is 84.7 Å². The summed E-state index contributed by atoms with van der Waals surface area (Å²) in [6.07, 6.45) is 1.42. The number of anilines is 1. The predicted molar refractivity (Wildman–Crippen MR) is 113 cm³/mol. The summed E-state index contributed by atoms with van der Waals surface area (Å²) < 4.78 is 0. The number of hydrogen-bond acceptors (Lipinski definition) is 6. The quantitative estimate of drug-likeness (QED) is 0.466. The van der Waals surface area contributed by atoms with Crippen LogP contribution in [0.3, 0.4) is 0 Å². The lowest BCUT2D eigenvalue weighted by atomic mass is 10.2. The summed E-state index contributed by atoms with van der Waals surface area (Å²) in [5, 5.41) is 23.2. The molecule has 0 radical (unpaired) electrons. The topological polar surface area (TPSA) is 116 Å². The van der Waals surface area contributed by atoms with Crippen LogP contribution in [-0.4, -0.2) is 28.0 Å². The van der Waals surface area contributed by atoms with Gasteiger partial charge in [-0.15, -0.1) is 0 Å². The molecule has 152 valence electrons. The molecule has 0 saturated carbocycles. The highest BCUT2D eigenvalue weighted by Gasteiger charge is 2.21. The first-order chi connectivity index (χ1) is 14.6. The first-order valence-corrected chi connectivity index (χ1v) is 9.33. The molecule has 30 heavy (non-hydrogen) atoms. The van der Waals surface area contributed by atoms with Crippen molar-refractivity contribution in [2.45, 2.75) is 19.0 Å². The van der Waals surface area contributed by atoms with Crippen LogP contribution in [0.25, 0.3) is 0 Å². The average Bonchev–Trinajstić information content (AvgIpc) is 2.77. The van der Waals surface area contributed by atoms with Gasteiger partial charge in [-0.25, -0.2) is 0 Å². The number of aliphatic carboxylic acids is 1. The molecular formula is C22H21N5O3. The molecule has 0 aliphatic rings. The number of carbonyl (C=O) groups is 2. The molecule has 0 aliphatic carbocycles. The Hall–Kier alpha value is -3.91. The van der Waals surface area contributed by atoms with Crippen LogP contribution in [0.15, 0.2) is 89.2 Å². The van der Waals surface area contributed by atoms with Gasteiger partial charge in [0.05, 0.1) is 23.5 Å². The molecule has 2 aromatic carbocycles. The highest BCUT2D eigenvalue weighted by atomic mass is 16.4. The fourth-order valence-electron chi connectivity index (χ4n) is 2.60. The number of aromatic nitrogens is 1. The Morgan fingerprint density at radius 3 is 2.20 bits per heavy atom. The number of hydrogen-bond donors (Lipinski definition) is 3. The maximum atomic E-state index is 12.3. The van der Waals surface area contributed by atoms with Crippen LogP contribution in [0.1, 0.15) is 12.1 Å². The summed E-state index contributed by atoms with van der Waals surface area (Å²) in [6, 6.07) is 20.5. The van der Waals surface area contributed by atoms with Gasteiger partial charge in [-0.2, -0.15) is 10.2 Å². The molecule has 1 amide bonds. The van der Waals surface area contributed by atoms with Gasteiger partial charge in [0.15, 0.2) is 0 Å². The van der Waals surface area contributed by atoms with Crippen molar-refractivity contribution in [2.75, 3.05) is 5.32 Å². The van der Waals surface area contributed by atoms with E-state index in [2.05, 4.69) is 25.8 Å². The SMILES string of the molecule is O=C(CC(NCc1ccccn1)C(=O)O)Nc1ccc(N=Nc2ccccc2)cc1. The number of carboxylic acid groups (broad SMARTS) is 1. The summed E-state index contributed by atoms with van der Waals surface area (Å²) >= 11 is 0. The fraction of sp³-hybridized carbons (Fsp3) is 0.136. The molecule has 1 unspecified atom stereocenters. The zero-order valence-electron chi connectivity index (χ0n) is 16.1. The minimum absolute atomic E-state index is 0.211. The maximum Gasteiger partial charge on any atom is 0.321 e. The van der Waals surface area contributed by atoms with Gasteiger partial charge in [-0.3, -0.25) is 19.9 Å². The Labute approximate surface area is 173 Å². The number of rotatable bonds is 9. The van der Waals surface area contributed by atoms with Crippen molar-refractivity contribution < 1.29 is 14.7 Å². The summed E-state index contributed by atoms with van der Waals surface area (Å²) in [7, 11) is 0. The first-order valence-electron chi connectivity index (χ1n) is 9.33. The summed E-state index contributed by atoms with van der Waals surface area (Å²) in [6.45, 7) is 0.256. The van der Waals surface area contributed by atoms with Crippen LogP contribution in [0.5, 0.6) is 0 Å². The molecule has 1 heterocycles. The summed E-state index contributed by atoms with van der Waals surface area (Å²) in [5.41, 5.74) is 2.63. The van der Waals surface area contributed by atoms with Crippen LogP contribution >= 0.6 is 0 Å². The van der Waals surface area contributed by atoms with E-state index in [1.54, 1.807) is 42.6 Å². The van der Waals surface area contributed by atoms with E-state index in [1.807, 2.05) is 36.4 Å². The van der Waals surface area contributed by atoms with E-state index >= 15 is 0 Å².